The number of hydrogen-bond acceptors (Lipinski definition) is 2. The molecule has 10 aliphatic carbocycles. The molecule has 3 nitrogen and oxygen atoms in total. The Bertz CT molecular complexity index is 4760. The topological polar surface area (TPSA) is 52.0 Å². The van der Waals surface area contributed by atoms with Crippen molar-refractivity contribution in [3.05, 3.63) is 288 Å². The highest BCUT2D eigenvalue weighted by Gasteiger charge is 2.74. The summed E-state index contributed by atoms with van der Waals surface area (Å²) in [6.45, 7) is 0. The summed E-state index contributed by atoms with van der Waals surface area (Å²) in [7, 11) is 0. The Labute approximate surface area is 413 Å². The van der Waals surface area contributed by atoms with E-state index in [2.05, 4.69) is 199 Å². The third kappa shape index (κ3) is 3.26. The fraction of sp³-hybridized carbons (Fsp3) is 0.130. The van der Waals surface area contributed by atoms with Crippen LogP contribution in [-0.4, -0.2) is 4.40 Å². The van der Waals surface area contributed by atoms with Gasteiger partial charge in [-0.3, -0.25) is 0 Å². The van der Waals surface area contributed by atoms with Crippen LogP contribution >= 0.6 is 0 Å². The van der Waals surface area contributed by atoms with Crippen LogP contribution in [0, 0.1) is 22.7 Å². The molecule has 10 aliphatic rings. The highest BCUT2D eigenvalue weighted by Crippen LogP contribution is 2.81. The van der Waals surface area contributed by atoms with Crippen LogP contribution in [0.15, 0.2) is 188 Å². The number of hydrogen-bond donors (Lipinski definition) is 0. The highest BCUT2D eigenvalue weighted by atomic mass is 14.9. The van der Waals surface area contributed by atoms with Crippen molar-refractivity contribution in [1.29, 1.82) is 10.5 Å². The van der Waals surface area contributed by atoms with E-state index in [0.29, 0.717) is 0 Å². The number of rotatable bonds is 0. The Balaban J connectivity index is 0.992. The zero-order valence-electron chi connectivity index (χ0n) is 38.8. The molecule has 328 valence electrons. The van der Waals surface area contributed by atoms with E-state index in [0.717, 1.165) is 34.1 Å². The predicted octanol–water partition coefficient (Wildman–Crippen LogP) is 14.7. The van der Waals surface area contributed by atoms with Gasteiger partial charge in [0.2, 0.25) is 0 Å². The van der Waals surface area contributed by atoms with E-state index in [1.165, 1.54) is 127 Å². The highest BCUT2D eigenvalue weighted by molar-refractivity contribution is 6.33. The van der Waals surface area contributed by atoms with Crippen molar-refractivity contribution in [3.63, 3.8) is 0 Å². The molecule has 72 heavy (non-hydrogen) atoms. The molecule has 6 unspecified atom stereocenters. The molecule has 11 aromatic rings. The molecular weight excluding hydrogens is 871 g/mol. The van der Waals surface area contributed by atoms with Gasteiger partial charge in [-0.25, -0.2) is 0 Å². The van der Waals surface area contributed by atoms with Crippen LogP contribution in [0.4, 0.5) is 0 Å². The summed E-state index contributed by atoms with van der Waals surface area (Å²) in [4.78, 5) is 0. The van der Waals surface area contributed by atoms with Gasteiger partial charge in [-0.2, -0.15) is 10.5 Å². The van der Waals surface area contributed by atoms with Gasteiger partial charge in [0.05, 0.1) is 39.8 Å². The Hall–Kier alpha value is -8.76. The molecular formula is C69H37N3. The molecule has 4 bridgehead atoms. The molecule has 0 saturated carbocycles. The molecule has 0 N–H and O–H groups in total. The minimum atomic E-state index is -0.280. The van der Waals surface area contributed by atoms with E-state index in [-0.39, 0.29) is 45.8 Å². The molecule has 0 amide bonds. The predicted molar refractivity (Wildman–Crippen MR) is 283 cm³/mol. The Morgan fingerprint density at radius 3 is 1.79 bits per heavy atom. The quantitative estimate of drug-likeness (QED) is 0.152. The average molecular weight is 908 g/mol. The molecule has 21 rings (SSSR count). The van der Waals surface area contributed by atoms with Crippen molar-refractivity contribution in [2.24, 2.45) is 0 Å². The van der Waals surface area contributed by atoms with Crippen LogP contribution < -0.4 is 0 Å². The lowest BCUT2D eigenvalue weighted by molar-refractivity contribution is 0.237. The summed E-state index contributed by atoms with van der Waals surface area (Å²) in [5.74, 6) is 0.515. The van der Waals surface area contributed by atoms with Gasteiger partial charge in [0.25, 0.3) is 0 Å². The van der Waals surface area contributed by atoms with Crippen molar-refractivity contribution >= 4 is 48.9 Å². The molecule has 3 spiro atoms. The zero-order valence-corrected chi connectivity index (χ0v) is 38.8. The molecule has 3 heteroatoms. The second kappa shape index (κ2) is 11.2. The number of allylic oxidation sites excluding steroid dienone is 6. The van der Waals surface area contributed by atoms with Gasteiger partial charge < -0.3 is 4.40 Å². The minimum absolute atomic E-state index is 0.0252. The number of nitrogens with zero attached hydrogens (tertiary/aromatic N) is 3. The van der Waals surface area contributed by atoms with Crippen molar-refractivity contribution in [3.8, 4) is 12.1 Å². The van der Waals surface area contributed by atoms with E-state index in [9.17, 15) is 10.5 Å². The Morgan fingerprint density at radius 1 is 0.486 bits per heavy atom. The first kappa shape index (κ1) is 36.2. The van der Waals surface area contributed by atoms with Crippen LogP contribution in [0.5, 0.6) is 0 Å². The number of benzene rings is 9. The zero-order chi connectivity index (χ0) is 46.5. The summed E-state index contributed by atoms with van der Waals surface area (Å²) < 4.78 is 2.52. The van der Waals surface area contributed by atoms with Gasteiger partial charge in [0.15, 0.2) is 0 Å². The lowest BCUT2D eigenvalue weighted by Crippen LogP contribution is -2.60. The van der Waals surface area contributed by atoms with Gasteiger partial charge in [0.1, 0.15) is 0 Å². The summed E-state index contributed by atoms with van der Waals surface area (Å²) in [6, 6.07) is 63.5. The van der Waals surface area contributed by atoms with Crippen molar-refractivity contribution < 1.29 is 0 Å². The molecule has 6 atom stereocenters. The monoisotopic (exact) mass is 907 g/mol. The van der Waals surface area contributed by atoms with Crippen LogP contribution in [0.25, 0.3) is 48.9 Å². The minimum Gasteiger partial charge on any atom is -0.308 e. The van der Waals surface area contributed by atoms with E-state index in [1.54, 1.807) is 0 Å². The van der Waals surface area contributed by atoms with Gasteiger partial charge >= 0.3 is 0 Å². The largest absolute Gasteiger partial charge is 0.308 e. The van der Waals surface area contributed by atoms with Gasteiger partial charge in [-0.15, -0.1) is 0 Å². The molecule has 0 saturated heterocycles. The normalized spacial score (nSPS) is 28.2. The third-order valence-corrected chi connectivity index (χ3v) is 20.7. The van der Waals surface area contributed by atoms with Crippen LogP contribution in [0.2, 0.25) is 0 Å². The van der Waals surface area contributed by atoms with Crippen LogP contribution in [-0.2, 0) is 16.2 Å². The SMILES string of the molecule is N#Cc1cc2c(c3c1C1c4ccccc4C3c3ccccc31)c1cc3cc4c(cc3c3c5c6c(c(C#N)cc5n2c13)C1c2ccccc2C2c3ccccc3C621)C1c2ccccc2C23C=C(/C=C\C=C/C2)C413. The lowest BCUT2D eigenvalue weighted by Gasteiger charge is -2.63. The Kier molecular flexibility index (Phi) is 5.64. The first-order chi connectivity index (χ1) is 35.6. The maximum Gasteiger partial charge on any atom is 0.0995 e. The summed E-state index contributed by atoms with van der Waals surface area (Å²) in [5.41, 5.74) is 27.6. The fourth-order valence-corrected chi connectivity index (χ4v) is 18.8. The van der Waals surface area contributed by atoms with E-state index in [1.807, 2.05) is 0 Å². The summed E-state index contributed by atoms with van der Waals surface area (Å²) in [6.07, 6.45) is 12.9. The maximum atomic E-state index is 11.5. The molecule has 2 heterocycles. The fourth-order valence-electron chi connectivity index (χ4n) is 18.8. The molecule has 0 aliphatic heterocycles. The first-order valence-electron chi connectivity index (χ1n) is 25.8. The maximum absolute atomic E-state index is 11.5. The first-order valence-corrected chi connectivity index (χ1v) is 25.8. The molecule has 0 fully saturated rings. The molecule has 0 radical (unpaired) electrons. The van der Waals surface area contributed by atoms with E-state index >= 15 is 0 Å². The second-order valence-electron chi connectivity index (χ2n) is 22.6. The standard InChI is InChI=1S/C69H37N3/c70-32-35-28-52-58(61-54(35)56-38-15-3-5-17-40(38)57(61)41-18-6-4-16-39(41)56)48-26-34-27-51-47(63-44-21-9-11-23-49(44)67-25-13-1-2-14-37(31-67)69(51,63)67)30-46(34)59-60-53(72(52)66(48)59)29-36(33-71)55-64-43-20-8-7-19-42(43)62-45-22-10-12-24-50(45)68(62,64)65(55)60/h1-24,26-31,56-57,62-64H,25H2/b13-1-,14-2-. The smallest absolute Gasteiger partial charge is 0.0995 e. The van der Waals surface area contributed by atoms with Gasteiger partial charge in [-0.05, 0) is 142 Å². The summed E-state index contributed by atoms with van der Waals surface area (Å²) in [5, 5.41) is 30.6. The Morgan fingerprint density at radius 2 is 1.08 bits per heavy atom. The van der Waals surface area contributed by atoms with Gasteiger partial charge in [0, 0.05) is 67.4 Å². The van der Waals surface area contributed by atoms with Crippen LogP contribution in [0.3, 0.4) is 0 Å². The van der Waals surface area contributed by atoms with Crippen molar-refractivity contribution in [2.75, 3.05) is 0 Å². The second-order valence-corrected chi connectivity index (χ2v) is 22.6. The summed E-state index contributed by atoms with van der Waals surface area (Å²) >= 11 is 0. The van der Waals surface area contributed by atoms with Crippen LogP contribution in [0.1, 0.15) is 136 Å². The van der Waals surface area contributed by atoms with E-state index < -0.39 is 0 Å². The molecule has 9 aromatic carbocycles. The third-order valence-electron chi connectivity index (χ3n) is 20.7. The number of fused-ring (bicyclic) bond motifs is 20. The lowest BCUT2D eigenvalue weighted by atomic mass is 9.38. The number of nitriles is 2. The average Bonchev–Trinajstić information content (AvgIpc) is 4.02. The molecule has 2 aromatic heterocycles. The van der Waals surface area contributed by atoms with E-state index in [4.69, 9.17) is 0 Å². The number of aromatic nitrogens is 1. The van der Waals surface area contributed by atoms with Crippen molar-refractivity contribution in [2.45, 2.75) is 52.3 Å². The van der Waals surface area contributed by atoms with Gasteiger partial charge in [-0.1, -0.05) is 152 Å². The van der Waals surface area contributed by atoms with Crippen molar-refractivity contribution in [1.82, 2.24) is 4.40 Å².